The van der Waals surface area contributed by atoms with Crippen LogP contribution in [0.1, 0.15) is 25.7 Å². The molecule has 1 saturated carbocycles. The van der Waals surface area contributed by atoms with Crippen molar-refractivity contribution in [2.75, 3.05) is 20.2 Å². The second kappa shape index (κ2) is 7.29. The van der Waals surface area contributed by atoms with E-state index in [-0.39, 0.29) is 17.9 Å². The van der Waals surface area contributed by atoms with Gasteiger partial charge in [0.15, 0.2) is 0 Å². The van der Waals surface area contributed by atoms with Crippen molar-refractivity contribution in [3.8, 4) is 5.75 Å². The van der Waals surface area contributed by atoms with Crippen molar-refractivity contribution >= 4 is 5.91 Å². The molecule has 1 aliphatic carbocycles. The molecule has 1 aromatic rings. The molecule has 110 valence electrons. The smallest absolute Gasteiger partial charge is 0.225 e. The van der Waals surface area contributed by atoms with E-state index in [1.54, 1.807) is 11.9 Å². The molecule has 0 aromatic heterocycles. The van der Waals surface area contributed by atoms with E-state index in [1.807, 2.05) is 30.3 Å². The van der Waals surface area contributed by atoms with Crippen LogP contribution >= 0.6 is 0 Å². The summed E-state index contributed by atoms with van der Waals surface area (Å²) in [6, 6.07) is 9.50. The normalized spacial score (nSPS) is 21.7. The number of amides is 1. The number of hydrogen-bond donors (Lipinski definition) is 1. The van der Waals surface area contributed by atoms with Gasteiger partial charge < -0.3 is 14.7 Å². The number of aliphatic hydroxyl groups excluding tert-OH is 1. The molecule has 1 amide bonds. The summed E-state index contributed by atoms with van der Waals surface area (Å²) in [7, 11) is 1.80. The van der Waals surface area contributed by atoms with Gasteiger partial charge >= 0.3 is 0 Å². The van der Waals surface area contributed by atoms with Crippen LogP contribution in [-0.2, 0) is 4.79 Å². The highest BCUT2D eigenvalue weighted by molar-refractivity contribution is 5.76. The van der Waals surface area contributed by atoms with Crippen molar-refractivity contribution in [3.05, 3.63) is 30.3 Å². The summed E-state index contributed by atoms with van der Waals surface area (Å²) in [5.41, 5.74) is 0. The Labute approximate surface area is 120 Å². The first-order valence-corrected chi connectivity index (χ1v) is 7.26. The number of ether oxygens (including phenoxy) is 1. The quantitative estimate of drug-likeness (QED) is 0.866. The zero-order valence-electron chi connectivity index (χ0n) is 12.0. The fourth-order valence-electron chi connectivity index (χ4n) is 2.65. The van der Waals surface area contributed by atoms with Crippen molar-refractivity contribution < 1.29 is 14.6 Å². The molecule has 1 fully saturated rings. The summed E-state index contributed by atoms with van der Waals surface area (Å²) in [6.45, 7) is 1.03. The number of carbonyl (C=O) groups is 1. The maximum absolute atomic E-state index is 12.0. The van der Waals surface area contributed by atoms with Crippen LogP contribution in [0.2, 0.25) is 0 Å². The van der Waals surface area contributed by atoms with Gasteiger partial charge in [0, 0.05) is 19.5 Å². The van der Waals surface area contributed by atoms with Crippen LogP contribution in [0.15, 0.2) is 30.3 Å². The van der Waals surface area contributed by atoms with Crippen LogP contribution in [0.5, 0.6) is 5.75 Å². The molecule has 0 aliphatic heterocycles. The molecule has 0 heterocycles. The van der Waals surface area contributed by atoms with Gasteiger partial charge in [-0.15, -0.1) is 0 Å². The minimum Gasteiger partial charge on any atom is -0.493 e. The lowest BCUT2D eigenvalue weighted by Gasteiger charge is -2.23. The van der Waals surface area contributed by atoms with Crippen molar-refractivity contribution in [2.24, 2.45) is 5.92 Å². The van der Waals surface area contributed by atoms with E-state index in [2.05, 4.69) is 0 Å². The highest BCUT2D eigenvalue weighted by Gasteiger charge is 2.27. The summed E-state index contributed by atoms with van der Waals surface area (Å²) in [5, 5.41) is 9.78. The third-order valence-electron chi connectivity index (χ3n) is 3.88. The highest BCUT2D eigenvalue weighted by Crippen LogP contribution is 2.26. The van der Waals surface area contributed by atoms with E-state index < -0.39 is 0 Å². The van der Waals surface area contributed by atoms with Gasteiger partial charge in [-0.05, 0) is 25.0 Å². The van der Waals surface area contributed by atoms with Gasteiger partial charge in [-0.2, -0.15) is 0 Å². The zero-order valence-corrected chi connectivity index (χ0v) is 12.0. The Morgan fingerprint density at radius 1 is 1.35 bits per heavy atom. The maximum Gasteiger partial charge on any atom is 0.225 e. The van der Waals surface area contributed by atoms with Crippen molar-refractivity contribution in [3.63, 3.8) is 0 Å². The largest absolute Gasteiger partial charge is 0.493 e. The van der Waals surface area contributed by atoms with Crippen LogP contribution in [0.3, 0.4) is 0 Å². The van der Waals surface area contributed by atoms with E-state index in [1.165, 1.54) is 0 Å². The SMILES string of the molecule is CN(C[C@H]1CCC[C@@H]1O)C(=O)CCOc1ccccc1. The predicted octanol–water partition coefficient (Wildman–Crippen LogP) is 2.07. The average Bonchev–Trinajstić information content (AvgIpc) is 2.85. The molecule has 0 radical (unpaired) electrons. The second-order valence-electron chi connectivity index (χ2n) is 5.44. The first kappa shape index (κ1) is 14.9. The number of nitrogens with zero attached hydrogens (tertiary/aromatic N) is 1. The first-order valence-electron chi connectivity index (χ1n) is 7.26. The maximum atomic E-state index is 12.0. The molecule has 1 N–H and O–H groups in total. The van der Waals surface area contributed by atoms with E-state index in [0.717, 1.165) is 25.0 Å². The Hall–Kier alpha value is -1.55. The zero-order chi connectivity index (χ0) is 14.4. The Kier molecular flexibility index (Phi) is 5.41. The summed E-state index contributed by atoms with van der Waals surface area (Å²) >= 11 is 0. The van der Waals surface area contributed by atoms with Gasteiger partial charge in [-0.1, -0.05) is 24.6 Å². The van der Waals surface area contributed by atoms with Crippen LogP contribution in [0.25, 0.3) is 0 Å². The van der Waals surface area contributed by atoms with Crippen molar-refractivity contribution in [1.29, 1.82) is 0 Å². The Bertz CT molecular complexity index is 421. The Morgan fingerprint density at radius 2 is 2.10 bits per heavy atom. The van der Waals surface area contributed by atoms with Crippen LogP contribution in [0, 0.1) is 5.92 Å². The third-order valence-corrected chi connectivity index (χ3v) is 3.88. The van der Waals surface area contributed by atoms with Gasteiger partial charge in [0.2, 0.25) is 5.91 Å². The van der Waals surface area contributed by atoms with Crippen molar-refractivity contribution in [2.45, 2.75) is 31.8 Å². The molecule has 1 aliphatic rings. The molecule has 1 aromatic carbocycles. The standard InChI is InChI=1S/C16H23NO3/c1-17(12-13-6-5-9-15(13)18)16(19)10-11-20-14-7-3-2-4-8-14/h2-4,7-8,13,15,18H,5-6,9-12H2,1H3/t13-,15+/m1/s1. The third kappa shape index (κ3) is 4.23. The predicted molar refractivity (Wildman–Crippen MR) is 77.5 cm³/mol. The van der Waals surface area contributed by atoms with E-state index >= 15 is 0 Å². The lowest BCUT2D eigenvalue weighted by atomic mass is 10.1. The summed E-state index contributed by atoms with van der Waals surface area (Å²) in [6.07, 6.45) is 3.06. The Morgan fingerprint density at radius 3 is 2.75 bits per heavy atom. The number of hydrogen-bond acceptors (Lipinski definition) is 3. The molecule has 0 unspecified atom stereocenters. The summed E-state index contributed by atoms with van der Waals surface area (Å²) in [5.74, 6) is 1.09. The lowest BCUT2D eigenvalue weighted by Crippen LogP contribution is -2.35. The Balaban J connectivity index is 1.68. The molecule has 0 bridgehead atoms. The fraction of sp³-hybridized carbons (Fsp3) is 0.562. The van der Waals surface area contributed by atoms with Gasteiger partial charge in [-0.25, -0.2) is 0 Å². The van der Waals surface area contributed by atoms with Crippen molar-refractivity contribution in [1.82, 2.24) is 4.90 Å². The van der Waals surface area contributed by atoms with Crippen LogP contribution in [0.4, 0.5) is 0 Å². The highest BCUT2D eigenvalue weighted by atomic mass is 16.5. The van der Waals surface area contributed by atoms with Crippen LogP contribution in [-0.4, -0.2) is 42.2 Å². The molecule has 0 saturated heterocycles. The number of para-hydroxylation sites is 1. The van der Waals surface area contributed by atoms with Crippen LogP contribution < -0.4 is 4.74 Å². The van der Waals surface area contributed by atoms with Gasteiger partial charge in [0.25, 0.3) is 0 Å². The average molecular weight is 277 g/mol. The second-order valence-corrected chi connectivity index (χ2v) is 5.44. The molecule has 4 nitrogen and oxygen atoms in total. The summed E-state index contributed by atoms with van der Waals surface area (Å²) < 4.78 is 5.52. The van der Waals surface area contributed by atoms with Gasteiger partial charge in [-0.3, -0.25) is 4.79 Å². The molecule has 20 heavy (non-hydrogen) atoms. The topological polar surface area (TPSA) is 49.8 Å². The van der Waals surface area contributed by atoms with E-state index in [0.29, 0.717) is 19.6 Å². The monoisotopic (exact) mass is 277 g/mol. The summed E-state index contributed by atoms with van der Waals surface area (Å²) in [4.78, 5) is 13.7. The number of rotatable bonds is 6. The number of carbonyl (C=O) groups excluding carboxylic acids is 1. The molecule has 2 rings (SSSR count). The minimum absolute atomic E-state index is 0.0695. The lowest BCUT2D eigenvalue weighted by molar-refractivity contribution is -0.131. The molecular weight excluding hydrogens is 254 g/mol. The van der Waals surface area contributed by atoms with Gasteiger partial charge in [0.1, 0.15) is 5.75 Å². The molecular formula is C16H23NO3. The fourth-order valence-corrected chi connectivity index (χ4v) is 2.65. The molecule has 4 heteroatoms. The number of benzene rings is 1. The van der Waals surface area contributed by atoms with Gasteiger partial charge in [0.05, 0.1) is 19.1 Å². The molecule has 0 spiro atoms. The first-order chi connectivity index (χ1) is 9.66. The number of aliphatic hydroxyl groups is 1. The van der Waals surface area contributed by atoms with E-state index in [4.69, 9.17) is 4.74 Å². The van der Waals surface area contributed by atoms with E-state index in [9.17, 15) is 9.90 Å². The molecule has 2 atom stereocenters. The minimum atomic E-state index is -0.245.